The third-order valence-corrected chi connectivity index (χ3v) is 4.94. The summed E-state index contributed by atoms with van der Waals surface area (Å²) in [6, 6.07) is 10.1. The molecular formula is C21H25N5O3. The first-order valence-corrected chi connectivity index (χ1v) is 9.52. The van der Waals surface area contributed by atoms with E-state index in [1.807, 2.05) is 19.1 Å². The number of primary amides is 1. The van der Waals surface area contributed by atoms with Crippen LogP contribution in [-0.2, 0) is 17.9 Å². The van der Waals surface area contributed by atoms with Crippen LogP contribution in [0.3, 0.4) is 0 Å². The van der Waals surface area contributed by atoms with Gasteiger partial charge in [0.2, 0.25) is 5.91 Å². The lowest BCUT2D eigenvalue weighted by atomic mass is 10.0. The number of fused-ring (bicyclic) bond motifs is 1. The molecule has 1 aliphatic rings. The Morgan fingerprint density at radius 3 is 2.52 bits per heavy atom. The van der Waals surface area contributed by atoms with Crippen molar-refractivity contribution in [3.63, 3.8) is 0 Å². The van der Waals surface area contributed by atoms with Crippen molar-refractivity contribution in [1.29, 1.82) is 0 Å². The zero-order valence-corrected chi connectivity index (χ0v) is 16.5. The van der Waals surface area contributed by atoms with Crippen molar-refractivity contribution >= 4 is 23.5 Å². The molecule has 1 unspecified atom stereocenters. The molecule has 4 amide bonds. The van der Waals surface area contributed by atoms with Gasteiger partial charge in [0.15, 0.2) is 0 Å². The molecule has 8 nitrogen and oxygen atoms in total. The van der Waals surface area contributed by atoms with Crippen molar-refractivity contribution in [2.45, 2.75) is 39.4 Å². The number of nitrogens with zero attached hydrogens (tertiary/aromatic N) is 2. The first-order chi connectivity index (χ1) is 13.8. The first kappa shape index (κ1) is 20.3. The molecule has 1 aromatic heterocycles. The van der Waals surface area contributed by atoms with Crippen LogP contribution in [0, 0.1) is 5.92 Å². The summed E-state index contributed by atoms with van der Waals surface area (Å²) in [5, 5.41) is 5.69. The molecule has 2 aromatic rings. The lowest BCUT2D eigenvalue weighted by Crippen LogP contribution is -2.36. The van der Waals surface area contributed by atoms with E-state index in [4.69, 9.17) is 5.73 Å². The molecular weight excluding hydrogens is 370 g/mol. The molecule has 2 atom stereocenters. The monoisotopic (exact) mass is 395 g/mol. The summed E-state index contributed by atoms with van der Waals surface area (Å²) in [6.45, 7) is 4.56. The van der Waals surface area contributed by atoms with Crippen LogP contribution in [0.15, 0.2) is 42.6 Å². The molecule has 0 saturated heterocycles. The second kappa shape index (κ2) is 8.72. The van der Waals surface area contributed by atoms with Crippen molar-refractivity contribution < 1.29 is 14.4 Å². The number of benzene rings is 1. The van der Waals surface area contributed by atoms with Crippen LogP contribution in [0.25, 0.3) is 0 Å². The highest BCUT2D eigenvalue weighted by Crippen LogP contribution is 2.21. The van der Waals surface area contributed by atoms with E-state index >= 15 is 0 Å². The van der Waals surface area contributed by atoms with Crippen LogP contribution in [0.5, 0.6) is 0 Å². The fraction of sp³-hybridized carbons (Fsp3) is 0.333. The van der Waals surface area contributed by atoms with E-state index in [0.29, 0.717) is 30.8 Å². The predicted octanol–water partition coefficient (Wildman–Crippen LogP) is 2.26. The molecule has 1 aliphatic heterocycles. The topological polar surface area (TPSA) is 117 Å². The molecule has 0 saturated carbocycles. The number of nitrogens with one attached hydrogen (secondary N) is 2. The van der Waals surface area contributed by atoms with Crippen LogP contribution >= 0.6 is 0 Å². The summed E-state index contributed by atoms with van der Waals surface area (Å²) < 4.78 is 0. The maximum absolute atomic E-state index is 12.5. The van der Waals surface area contributed by atoms with Crippen LogP contribution in [0.1, 0.15) is 41.9 Å². The molecule has 8 heteroatoms. The Balaban J connectivity index is 1.53. The number of amides is 4. The summed E-state index contributed by atoms with van der Waals surface area (Å²) in [5.74, 6) is -0.939. The van der Waals surface area contributed by atoms with E-state index in [1.54, 1.807) is 42.3 Å². The molecule has 0 radical (unpaired) electrons. The van der Waals surface area contributed by atoms with E-state index in [1.165, 1.54) is 0 Å². The van der Waals surface area contributed by atoms with Gasteiger partial charge in [-0.1, -0.05) is 13.0 Å². The SMILES string of the molecule is CC(C[C@@H](C)NC(=O)c1ccc(NC(=O)N2Cc3cccnc3C2)cc1)C(N)=O. The van der Waals surface area contributed by atoms with E-state index in [2.05, 4.69) is 15.6 Å². The number of pyridine rings is 1. The number of aromatic nitrogens is 1. The van der Waals surface area contributed by atoms with Crippen molar-refractivity contribution in [2.24, 2.45) is 11.7 Å². The lowest BCUT2D eigenvalue weighted by Gasteiger charge is -2.17. The van der Waals surface area contributed by atoms with E-state index < -0.39 is 0 Å². The van der Waals surface area contributed by atoms with E-state index in [9.17, 15) is 14.4 Å². The standard InChI is InChI=1S/C21H25N5O3/c1-13(19(22)27)10-14(2)24-20(28)15-5-7-17(8-6-15)25-21(29)26-11-16-4-3-9-23-18(16)12-26/h3-9,13-14H,10-12H2,1-2H3,(H2,22,27)(H,24,28)(H,25,29)/t13?,14-/m1/s1. The fourth-order valence-electron chi connectivity index (χ4n) is 3.26. The first-order valence-electron chi connectivity index (χ1n) is 9.52. The molecule has 0 bridgehead atoms. The van der Waals surface area contributed by atoms with Crippen LogP contribution in [0.4, 0.5) is 10.5 Å². The van der Waals surface area contributed by atoms with E-state index in [-0.39, 0.29) is 29.8 Å². The smallest absolute Gasteiger partial charge is 0.322 e. The molecule has 2 heterocycles. The number of nitrogens with two attached hydrogens (primary N) is 1. The molecule has 0 fully saturated rings. The number of urea groups is 1. The summed E-state index contributed by atoms with van der Waals surface area (Å²) in [4.78, 5) is 41.9. The largest absolute Gasteiger partial charge is 0.369 e. The van der Waals surface area contributed by atoms with Crippen molar-refractivity contribution in [2.75, 3.05) is 5.32 Å². The van der Waals surface area contributed by atoms with Gasteiger partial charge >= 0.3 is 6.03 Å². The second-order valence-electron chi connectivity index (χ2n) is 7.39. The van der Waals surface area contributed by atoms with Gasteiger partial charge in [-0.15, -0.1) is 0 Å². The quantitative estimate of drug-likeness (QED) is 0.695. The van der Waals surface area contributed by atoms with Crippen molar-refractivity contribution in [3.05, 3.63) is 59.4 Å². The lowest BCUT2D eigenvalue weighted by molar-refractivity contribution is -0.121. The average Bonchev–Trinajstić information content (AvgIpc) is 3.12. The highest BCUT2D eigenvalue weighted by Gasteiger charge is 2.24. The summed E-state index contributed by atoms with van der Waals surface area (Å²) in [5.41, 5.74) is 8.30. The maximum Gasteiger partial charge on any atom is 0.322 e. The average molecular weight is 395 g/mol. The zero-order chi connectivity index (χ0) is 21.0. The normalized spacial score (nSPS) is 14.6. The minimum atomic E-state index is -0.386. The van der Waals surface area contributed by atoms with Gasteiger partial charge in [-0.2, -0.15) is 0 Å². The highest BCUT2D eigenvalue weighted by molar-refractivity contribution is 5.95. The fourth-order valence-corrected chi connectivity index (χ4v) is 3.26. The van der Waals surface area contributed by atoms with Crippen molar-refractivity contribution in [1.82, 2.24) is 15.2 Å². The molecule has 0 aliphatic carbocycles. The van der Waals surface area contributed by atoms with Gasteiger partial charge < -0.3 is 21.3 Å². The number of carbonyl (C=O) groups is 3. The number of rotatable bonds is 6. The number of hydrogen-bond acceptors (Lipinski definition) is 4. The van der Waals surface area contributed by atoms with Crippen LogP contribution in [-0.4, -0.2) is 33.8 Å². The van der Waals surface area contributed by atoms with Gasteiger partial charge in [-0.3, -0.25) is 14.6 Å². The van der Waals surface area contributed by atoms with Crippen molar-refractivity contribution in [3.8, 4) is 0 Å². The Morgan fingerprint density at radius 2 is 1.86 bits per heavy atom. The Bertz CT molecular complexity index is 888. The van der Waals surface area contributed by atoms with Crippen LogP contribution < -0.4 is 16.4 Å². The predicted molar refractivity (Wildman–Crippen MR) is 109 cm³/mol. The summed E-state index contributed by atoms with van der Waals surface area (Å²) >= 11 is 0. The second-order valence-corrected chi connectivity index (χ2v) is 7.39. The van der Waals surface area contributed by atoms with Gasteiger partial charge in [0.1, 0.15) is 0 Å². The Kier molecular flexibility index (Phi) is 6.11. The van der Waals surface area contributed by atoms with Gasteiger partial charge in [0.05, 0.1) is 12.2 Å². The molecule has 152 valence electrons. The summed E-state index contributed by atoms with van der Waals surface area (Å²) in [7, 11) is 0. The molecule has 0 spiro atoms. The Morgan fingerprint density at radius 1 is 1.14 bits per heavy atom. The summed E-state index contributed by atoms with van der Waals surface area (Å²) in [6.07, 6.45) is 2.20. The van der Waals surface area contributed by atoms with Gasteiger partial charge in [0, 0.05) is 36.0 Å². The van der Waals surface area contributed by atoms with Gasteiger partial charge in [-0.25, -0.2) is 4.79 Å². The van der Waals surface area contributed by atoms with Gasteiger partial charge in [-0.05, 0) is 49.2 Å². The van der Waals surface area contributed by atoms with Gasteiger partial charge in [0.25, 0.3) is 5.91 Å². The molecule has 29 heavy (non-hydrogen) atoms. The van der Waals surface area contributed by atoms with Crippen LogP contribution in [0.2, 0.25) is 0 Å². The minimum absolute atomic E-state index is 0.185. The number of carbonyl (C=O) groups excluding carboxylic acids is 3. The zero-order valence-electron chi connectivity index (χ0n) is 16.5. The molecule has 1 aromatic carbocycles. The maximum atomic E-state index is 12.5. The number of hydrogen-bond donors (Lipinski definition) is 3. The highest BCUT2D eigenvalue weighted by atomic mass is 16.2. The molecule has 4 N–H and O–H groups in total. The number of anilines is 1. The van der Waals surface area contributed by atoms with E-state index in [0.717, 1.165) is 11.3 Å². The Hall–Kier alpha value is -3.42. The third kappa shape index (κ3) is 5.10. The minimum Gasteiger partial charge on any atom is -0.369 e. The molecule has 3 rings (SSSR count). The Labute approximate surface area is 169 Å². The third-order valence-electron chi connectivity index (χ3n) is 4.94.